The quantitative estimate of drug-likeness (QED) is 0.788. The third kappa shape index (κ3) is 3.78. The molecule has 0 aliphatic heterocycles. The third-order valence-corrected chi connectivity index (χ3v) is 3.95. The highest BCUT2D eigenvalue weighted by Crippen LogP contribution is 2.22. The molecule has 1 aromatic carbocycles. The maximum atomic E-state index is 5.16. The Morgan fingerprint density at radius 3 is 2.70 bits per heavy atom. The second-order valence-electron chi connectivity index (χ2n) is 4.28. The number of rotatable bonds is 5. The summed E-state index contributed by atoms with van der Waals surface area (Å²) in [5.74, 6) is 1.81. The molecule has 0 fully saturated rings. The van der Waals surface area contributed by atoms with Gasteiger partial charge in [0, 0.05) is 30.1 Å². The summed E-state index contributed by atoms with van der Waals surface area (Å²) >= 11 is 1.79. The Kier molecular flexibility index (Phi) is 5.07. The van der Waals surface area contributed by atoms with Gasteiger partial charge in [-0.1, -0.05) is 18.7 Å². The highest BCUT2D eigenvalue weighted by molar-refractivity contribution is 7.98. The predicted molar refractivity (Wildman–Crippen MR) is 83.7 cm³/mol. The number of thioether (sulfide) groups is 1. The lowest BCUT2D eigenvalue weighted by Gasteiger charge is -2.05. The lowest BCUT2D eigenvalue weighted by atomic mass is 10.2. The normalized spacial score (nSPS) is 11.4. The first-order valence-electron chi connectivity index (χ1n) is 6.30. The number of methoxy groups -OCH3 is 1. The molecular weight excluding hydrogens is 268 g/mol. The zero-order valence-corrected chi connectivity index (χ0v) is 12.6. The third-order valence-electron chi connectivity index (χ3n) is 2.88. The SMILES string of the molecule is C=CN=c1cc(SCc2ccc(OC)cc2)ccn1C. The molecule has 1 aromatic heterocycles. The molecule has 1 heterocycles. The zero-order chi connectivity index (χ0) is 14.4. The average molecular weight is 286 g/mol. The first kappa shape index (κ1) is 14.5. The van der Waals surface area contributed by atoms with E-state index in [9.17, 15) is 0 Å². The predicted octanol–water partition coefficient (Wildman–Crippen LogP) is 3.37. The molecular formula is C16H18N2OS. The molecule has 104 valence electrons. The molecule has 0 amide bonds. The fourth-order valence-electron chi connectivity index (χ4n) is 1.74. The number of ether oxygens (including phenoxy) is 1. The molecule has 0 aliphatic rings. The van der Waals surface area contributed by atoms with Crippen molar-refractivity contribution in [3.63, 3.8) is 0 Å². The lowest BCUT2D eigenvalue weighted by Crippen LogP contribution is -2.15. The summed E-state index contributed by atoms with van der Waals surface area (Å²) in [5.41, 5.74) is 2.17. The standard InChI is InChI=1S/C16H18N2OS/c1-4-17-16-11-15(9-10-18(16)2)20-12-13-5-7-14(19-3)8-6-13/h4-11H,1,12H2,2-3H3. The number of pyridine rings is 1. The molecule has 0 saturated heterocycles. The summed E-state index contributed by atoms with van der Waals surface area (Å²) in [5, 5.41) is 0. The number of aromatic nitrogens is 1. The van der Waals surface area contributed by atoms with E-state index in [4.69, 9.17) is 4.74 Å². The van der Waals surface area contributed by atoms with E-state index in [1.165, 1.54) is 10.5 Å². The van der Waals surface area contributed by atoms with Crippen molar-refractivity contribution in [3.05, 3.63) is 66.4 Å². The maximum Gasteiger partial charge on any atom is 0.133 e. The minimum absolute atomic E-state index is 0.887. The van der Waals surface area contributed by atoms with Crippen molar-refractivity contribution in [3.8, 4) is 5.75 Å². The Morgan fingerprint density at radius 2 is 2.05 bits per heavy atom. The second-order valence-corrected chi connectivity index (χ2v) is 5.33. The Hall–Kier alpha value is -1.94. The number of aryl methyl sites for hydroxylation is 1. The van der Waals surface area contributed by atoms with Crippen molar-refractivity contribution in [1.82, 2.24) is 4.57 Å². The second kappa shape index (κ2) is 7.01. The van der Waals surface area contributed by atoms with Crippen molar-refractivity contribution in [2.75, 3.05) is 7.11 Å². The average Bonchev–Trinajstić information content (AvgIpc) is 2.49. The molecule has 0 radical (unpaired) electrons. The van der Waals surface area contributed by atoms with Gasteiger partial charge in [-0.15, -0.1) is 11.8 Å². The first-order valence-corrected chi connectivity index (χ1v) is 7.28. The highest BCUT2D eigenvalue weighted by Gasteiger charge is 1.98. The van der Waals surface area contributed by atoms with Gasteiger partial charge in [-0.3, -0.25) is 0 Å². The summed E-state index contributed by atoms with van der Waals surface area (Å²) in [6.07, 6.45) is 3.58. The van der Waals surface area contributed by atoms with Gasteiger partial charge in [-0.05, 0) is 29.8 Å². The molecule has 4 heteroatoms. The van der Waals surface area contributed by atoms with Crippen LogP contribution in [0.5, 0.6) is 5.75 Å². The molecule has 0 bridgehead atoms. The van der Waals surface area contributed by atoms with Crippen LogP contribution in [0.3, 0.4) is 0 Å². The Balaban J connectivity index is 2.08. The van der Waals surface area contributed by atoms with Gasteiger partial charge in [0.05, 0.1) is 7.11 Å². The fraction of sp³-hybridized carbons (Fsp3) is 0.188. The van der Waals surface area contributed by atoms with Crippen LogP contribution < -0.4 is 10.2 Å². The topological polar surface area (TPSA) is 26.5 Å². The van der Waals surface area contributed by atoms with Crippen molar-refractivity contribution >= 4 is 11.8 Å². The van der Waals surface area contributed by atoms with Gasteiger partial charge in [-0.2, -0.15) is 0 Å². The Bertz CT molecular complexity index is 644. The van der Waals surface area contributed by atoms with Crippen molar-refractivity contribution < 1.29 is 4.74 Å². The van der Waals surface area contributed by atoms with E-state index in [1.807, 2.05) is 29.9 Å². The Labute approximate surface area is 123 Å². The van der Waals surface area contributed by atoms with E-state index in [1.54, 1.807) is 25.1 Å². The molecule has 3 nitrogen and oxygen atoms in total. The van der Waals surface area contributed by atoms with Crippen LogP contribution in [0, 0.1) is 0 Å². The van der Waals surface area contributed by atoms with Crippen LogP contribution in [0.1, 0.15) is 5.56 Å². The van der Waals surface area contributed by atoms with Gasteiger partial charge in [0.1, 0.15) is 11.2 Å². The molecule has 2 rings (SSSR count). The fourth-order valence-corrected chi connectivity index (χ4v) is 2.61. The largest absolute Gasteiger partial charge is 0.497 e. The van der Waals surface area contributed by atoms with E-state index in [-0.39, 0.29) is 0 Å². The van der Waals surface area contributed by atoms with Gasteiger partial charge in [-0.25, -0.2) is 4.99 Å². The van der Waals surface area contributed by atoms with E-state index in [0.717, 1.165) is 17.0 Å². The van der Waals surface area contributed by atoms with Crippen molar-refractivity contribution in [2.45, 2.75) is 10.6 Å². The van der Waals surface area contributed by atoms with Gasteiger partial charge in [0.15, 0.2) is 0 Å². The monoisotopic (exact) mass is 286 g/mol. The van der Waals surface area contributed by atoms with Gasteiger partial charge in [0.2, 0.25) is 0 Å². The van der Waals surface area contributed by atoms with Crippen LogP contribution in [0.4, 0.5) is 0 Å². The van der Waals surface area contributed by atoms with E-state index in [2.05, 4.69) is 35.8 Å². The smallest absolute Gasteiger partial charge is 0.133 e. The molecule has 2 aromatic rings. The van der Waals surface area contributed by atoms with Crippen LogP contribution in [-0.4, -0.2) is 11.7 Å². The van der Waals surface area contributed by atoms with Crippen LogP contribution in [0.15, 0.2) is 65.3 Å². The molecule has 0 spiro atoms. The molecule has 0 saturated carbocycles. The number of hydrogen-bond donors (Lipinski definition) is 0. The Morgan fingerprint density at radius 1 is 1.30 bits per heavy atom. The summed E-state index contributed by atoms with van der Waals surface area (Å²) in [4.78, 5) is 5.44. The van der Waals surface area contributed by atoms with E-state index in [0.29, 0.717) is 0 Å². The maximum absolute atomic E-state index is 5.16. The molecule has 0 unspecified atom stereocenters. The van der Waals surface area contributed by atoms with Crippen molar-refractivity contribution in [1.29, 1.82) is 0 Å². The summed E-state index contributed by atoms with van der Waals surface area (Å²) < 4.78 is 7.13. The zero-order valence-electron chi connectivity index (χ0n) is 11.7. The summed E-state index contributed by atoms with van der Waals surface area (Å²) in [6.45, 7) is 3.64. The van der Waals surface area contributed by atoms with Gasteiger partial charge in [0.25, 0.3) is 0 Å². The van der Waals surface area contributed by atoms with Crippen LogP contribution in [0.2, 0.25) is 0 Å². The summed E-state index contributed by atoms with van der Waals surface area (Å²) in [6, 6.07) is 12.3. The number of nitrogens with zero attached hydrogens (tertiary/aromatic N) is 2. The van der Waals surface area contributed by atoms with Crippen LogP contribution in [0.25, 0.3) is 0 Å². The highest BCUT2D eigenvalue weighted by atomic mass is 32.2. The van der Waals surface area contributed by atoms with Crippen LogP contribution in [-0.2, 0) is 12.8 Å². The molecule has 0 aliphatic carbocycles. The molecule has 20 heavy (non-hydrogen) atoms. The lowest BCUT2D eigenvalue weighted by molar-refractivity contribution is 0.414. The molecule has 0 atom stereocenters. The van der Waals surface area contributed by atoms with Crippen LogP contribution >= 0.6 is 11.8 Å². The van der Waals surface area contributed by atoms with Gasteiger partial charge >= 0.3 is 0 Å². The minimum Gasteiger partial charge on any atom is -0.497 e. The van der Waals surface area contributed by atoms with Gasteiger partial charge < -0.3 is 9.30 Å². The molecule has 0 N–H and O–H groups in total. The number of benzene rings is 1. The van der Waals surface area contributed by atoms with E-state index < -0.39 is 0 Å². The van der Waals surface area contributed by atoms with E-state index >= 15 is 0 Å². The minimum atomic E-state index is 0.887. The first-order chi connectivity index (χ1) is 9.72. The van der Waals surface area contributed by atoms with Crippen molar-refractivity contribution in [2.24, 2.45) is 12.0 Å². The summed E-state index contributed by atoms with van der Waals surface area (Å²) in [7, 11) is 3.65. The number of hydrogen-bond acceptors (Lipinski definition) is 3.